The zero-order chi connectivity index (χ0) is 15.8. The molecule has 21 heavy (non-hydrogen) atoms. The van der Waals surface area contributed by atoms with Gasteiger partial charge in [-0.25, -0.2) is 0 Å². The molecule has 0 heterocycles. The summed E-state index contributed by atoms with van der Waals surface area (Å²) < 4.78 is 16.3. The van der Waals surface area contributed by atoms with Gasteiger partial charge in [0.15, 0.2) is 11.5 Å². The summed E-state index contributed by atoms with van der Waals surface area (Å²) in [6.07, 6.45) is 1.92. The first-order chi connectivity index (χ1) is 10.1. The van der Waals surface area contributed by atoms with E-state index >= 15 is 0 Å². The third-order valence-corrected chi connectivity index (χ3v) is 3.30. The normalized spacial score (nSPS) is 11.9. The Morgan fingerprint density at radius 1 is 1.10 bits per heavy atom. The smallest absolute Gasteiger partial charge is 0.164 e. The van der Waals surface area contributed by atoms with Crippen molar-refractivity contribution in [3.8, 4) is 17.2 Å². The van der Waals surface area contributed by atoms with Crippen LogP contribution in [0.4, 0.5) is 0 Å². The van der Waals surface area contributed by atoms with Gasteiger partial charge in [-0.1, -0.05) is 12.5 Å². The molecule has 0 saturated heterocycles. The highest BCUT2D eigenvalue weighted by Gasteiger charge is 2.19. The van der Waals surface area contributed by atoms with E-state index in [4.69, 9.17) is 14.2 Å². The SMILES string of the molecule is C=C(C)CC(NCCC)c1cc(OC)c(OC)cc1OC. The molecule has 1 aromatic carbocycles. The van der Waals surface area contributed by atoms with Crippen LogP contribution in [0.25, 0.3) is 0 Å². The zero-order valence-corrected chi connectivity index (χ0v) is 13.8. The zero-order valence-electron chi connectivity index (χ0n) is 13.8. The molecule has 0 radical (unpaired) electrons. The lowest BCUT2D eigenvalue weighted by atomic mass is 9.98. The Labute approximate surface area is 128 Å². The predicted octanol–water partition coefficient (Wildman–Crippen LogP) is 3.72. The first-order valence-electron chi connectivity index (χ1n) is 7.25. The van der Waals surface area contributed by atoms with E-state index in [1.807, 2.05) is 19.1 Å². The van der Waals surface area contributed by atoms with Gasteiger partial charge in [-0.3, -0.25) is 0 Å². The molecule has 0 saturated carbocycles. The summed E-state index contributed by atoms with van der Waals surface area (Å²) in [6.45, 7) is 9.15. The highest BCUT2D eigenvalue weighted by atomic mass is 16.5. The molecule has 4 heteroatoms. The molecule has 0 spiro atoms. The topological polar surface area (TPSA) is 39.7 Å². The minimum absolute atomic E-state index is 0.150. The Morgan fingerprint density at radius 3 is 2.14 bits per heavy atom. The molecular weight excluding hydrogens is 266 g/mol. The molecular formula is C17H27NO3. The van der Waals surface area contributed by atoms with Gasteiger partial charge in [-0.15, -0.1) is 6.58 Å². The second-order valence-electron chi connectivity index (χ2n) is 5.12. The molecule has 0 aliphatic heterocycles. The van der Waals surface area contributed by atoms with Crippen LogP contribution in [-0.2, 0) is 0 Å². The lowest BCUT2D eigenvalue weighted by Crippen LogP contribution is -2.23. The maximum absolute atomic E-state index is 5.52. The Bertz CT molecular complexity index is 471. The van der Waals surface area contributed by atoms with Crippen LogP contribution in [0.5, 0.6) is 17.2 Å². The van der Waals surface area contributed by atoms with Gasteiger partial charge in [-0.2, -0.15) is 0 Å². The molecule has 1 atom stereocenters. The molecule has 1 rings (SSSR count). The summed E-state index contributed by atoms with van der Waals surface area (Å²) in [5.41, 5.74) is 2.19. The standard InChI is InChI=1S/C17H27NO3/c1-7-8-18-14(9-12(2)3)13-10-16(20-5)17(21-6)11-15(13)19-4/h10-11,14,18H,2,7-9H2,1,3-6H3. The van der Waals surface area contributed by atoms with Gasteiger partial charge in [0.1, 0.15) is 5.75 Å². The number of ether oxygens (including phenoxy) is 3. The van der Waals surface area contributed by atoms with Crippen LogP contribution in [0.1, 0.15) is 38.3 Å². The Balaban J connectivity index is 3.23. The third-order valence-electron chi connectivity index (χ3n) is 3.30. The average molecular weight is 293 g/mol. The van der Waals surface area contributed by atoms with Crippen LogP contribution < -0.4 is 19.5 Å². The van der Waals surface area contributed by atoms with E-state index < -0.39 is 0 Å². The van der Waals surface area contributed by atoms with Crippen molar-refractivity contribution in [3.63, 3.8) is 0 Å². The molecule has 1 aromatic rings. The average Bonchev–Trinajstić information content (AvgIpc) is 2.49. The molecule has 0 aromatic heterocycles. The number of hydrogen-bond acceptors (Lipinski definition) is 4. The molecule has 0 aliphatic carbocycles. The third kappa shape index (κ3) is 4.67. The molecule has 0 bridgehead atoms. The molecule has 0 amide bonds. The molecule has 1 unspecified atom stereocenters. The lowest BCUT2D eigenvalue weighted by Gasteiger charge is -2.23. The minimum atomic E-state index is 0.150. The summed E-state index contributed by atoms with van der Waals surface area (Å²) in [5.74, 6) is 2.17. The van der Waals surface area contributed by atoms with E-state index in [-0.39, 0.29) is 6.04 Å². The van der Waals surface area contributed by atoms with Crippen LogP contribution in [-0.4, -0.2) is 27.9 Å². The number of methoxy groups -OCH3 is 3. The van der Waals surface area contributed by atoms with Crippen molar-refractivity contribution in [2.24, 2.45) is 0 Å². The van der Waals surface area contributed by atoms with E-state index in [0.717, 1.165) is 36.3 Å². The maximum atomic E-state index is 5.52. The number of nitrogens with one attached hydrogen (secondary N) is 1. The summed E-state index contributed by atoms with van der Waals surface area (Å²) >= 11 is 0. The van der Waals surface area contributed by atoms with Crippen LogP contribution in [0.3, 0.4) is 0 Å². The Hall–Kier alpha value is -1.68. The van der Waals surface area contributed by atoms with Gasteiger partial charge in [0.2, 0.25) is 0 Å². The van der Waals surface area contributed by atoms with Crippen molar-refractivity contribution in [1.29, 1.82) is 0 Å². The summed E-state index contributed by atoms with van der Waals surface area (Å²) in [6, 6.07) is 4.00. The van der Waals surface area contributed by atoms with E-state index in [0.29, 0.717) is 11.5 Å². The highest BCUT2D eigenvalue weighted by Crippen LogP contribution is 2.38. The minimum Gasteiger partial charge on any atom is -0.496 e. The molecule has 118 valence electrons. The quantitative estimate of drug-likeness (QED) is 0.704. The molecule has 1 N–H and O–H groups in total. The molecule has 0 fully saturated rings. The lowest BCUT2D eigenvalue weighted by molar-refractivity contribution is 0.344. The van der Waals surface area contributed by atoms with Crippen molar-refractivity contribution in [3.05, 3.63) is 29.8 Å². The summed E-state index contributed by atoms with van der Waals surface area (Å²) in [4.78, 5) is 0. The van der Waals surface area contributed by atoms with Crippen molar-refractivity contribution in [2.75, 3.05) is 27.9 Å². The Morgan fingerprint density at radius 2 is 1.67 bits per heavy atom. The van der Waals surface area contributed by atoms with Gasteiger partial charge < -0.3 is 19.5 Å². The maximum Gasteiger partial charge on any atom is 0.164 e. The van der Waals surface area contributed by atoms with Crippen LogP contribution >= 0.6 is 0 Å². The highest BCUT2D eigenvalue weighted by molar-refractivity contribution is 5.52. The number of hydrogen-bond donors (Lipinski definition) is 1. The van der Waals surface area contributed by atoms with Gasteiger partial charge in [-0.05, 0) is 32.4 Å². The second kappa shape index (κ2) is 8.57. The van der Waals surface area contributed by atoms with Gasteiger partial charge >= 0.3 is 0 Å². The summed E-state index contributed by atoms with van der Waals surface area (Å²) in [5, 5.41) is 3.54. The van der Waals surface area contributed by atoms with Gasteiger partial charge in [0.05, 0.1) is 21.3 Å². The van der Waals surface area contributed by atoms with Crippen molar-refractivity contribution in [1.82, 2.24) is 5.32 Å². The van der Waals surface area contributed by atoms with Crippen molar-refractivity contribution in [2.45, 2.75) is 32.7 Å². The van der Waals surface area contributed by atoms with Gasteiger partial charge in [0, 0.05) is 17.7 Å². The summed E-state index contributed by atoms with van der Waals surface area (Å²) in [7, 11) is 4.93. The van der Waals surface area contributed by atoms with Crippen molar-refractivity contribution >= 4 is 0 Å². The fourth-order valence-electron chi connectivity index (χ4n) is 2.28. The fraction of sp³-hybridized carbons (Fsp3) is 0.529. The Kier molecular flexibility index (Phi) is 7.09. The first kappa shape index (κ1) is 17.4. The predicted molar refractivity (Wildman–Crippen MR) is 86.6 cm³/mol. The van der Waals surface area contributed by atoms with E-state index in [1.165, 1.54) is 0 Å². The van der Waals surface area contributed by atoms with Crippen LogP contribution in [0.2, 0.25) is 0 Å². The fourth-order valence-corrected chi connectivity index (χ4v) is 2.28. The first-order valence-corrected chi connectivity index (χ1v) is 7.25. The molecule has 0 aliphatic rings. The van der Waals surface area contributed by atoms with Gasteiger partial charge in [0.25, 0.3) is 0 Å². The monoisotopic (exact) mass is 293 g/mol. The number of benzene rings is 1. The molecule has 4 nitrogen and oxygen atoms in total. The van der Waals surface area contributed by atoms with E-state index in [9.17, 15) is 0 Å². The second-order valence-corrected chi connectivity index (χ2v) is 5.12. The van der Waals surface area contributed by atoms with E-state index in [1.54, 1.807) is 21.3 Å². The van der Waals surface area contributed by atoms with Crippen molar-refractivity contribution < 1.29 is 14.2 Å². The van der Waals surface area contributed by atoms with Crippen LogP contribution in [0.15, 0.2) is 24.3 Å². The largest absolute Gasteiger partial charge is 0.496 e. The van der Waals surface area contributed by atoms with E-state index in [2.05, 4.69) is 18.8 Å². The number of rotatable bonds is 9. The van der Waals surface area contributed by atoms with Crippen LogP contribution in [0, 0.1) is 0 Å².